The highest BCUT2D eigenvalue weighted by molar-refractivity contribution is 7.80. The summed E-state index contributed by atoms with van der Waals surface area (Å²) in [4.78, 5) is 61.1. The molecule has 1 aliphatic carbocycles. The Morgan fingerprint density at radius 3 is 1.75 bits per heavy atom. The number of fused-ring (bicyclic) bond motifs is 2. The van der Waals surface area contributed by atoms with E-state index in [9.17, 15) is 38.8 Å². The van der Waals surface area contributed by atoms with Crippen LogP contribution < -0.4 is 16.1 Å². The van der Waals surface area contributed by atoms with Gasteiger partial charge in [-0.1, -0.05) is 174 Å². The Hall–Kier alpha value is -4.86. The van der Waals surface area contributed by atoms with Crippen molar-refractivity contribution in [2.75, 3.05) is 31.7 Å². The van der Waals surface area contributed by atoms with E-state index in [1.807, 2.05) is 0 Å². The van der Waals surface area contributed by atoms with E-state index in [-0.39, 0.29) is 65.8 Å². The molecular formula is C58H85N2O13PS. The number of aromatic hydroxyl groups is 1. The monoisotopic (exact) mass is 1080 g/mol. The molecule has 2 aromatic carbocycles. The fourth-order valence-electron chi connectivity index (χ4n) is 9.08. The summed E-state index contributed by atoms with van der Waals surface area (Å²) in [6.07, 6.45) is 29.8. The number of anilines is 1. The molecule has 0 bridgehead atoms. The van der Waals surface area contributed by atoms with Crippen LogP contribution in [0, 0.1) is 0 Å². The molecule has 15 nitrogen and oxygen atoms in total. The summed E-state index contributed by atoms with van der Waals surface area (Å²) in [6.45, 7) is 3.18. The molecule has 1 heterocycles. The third-order valence-corrected chi connectivity index (χ3v) is 14.4. The Morgan fingerprint density at radius 1 is 0.653 bits per heavy atom. The SMILES string of the molecule is CCCCCCCCCCCCCCCC(=O)OCC(COP(=O)(O)OCCNC(=S)Nc1ccc(-c2c3ccc(=O)cc-3oc3cc(O)ccc23)c(C(=O)O)c1)OC(=O)CCCCCCCCCCCCCCC. The Bertz CT molecular complexity index is 2410. The van der Waals surface area contributed by atoms with Crippen LogP contribution in [0.2, 0.25) is 0 Å². The van der Waals surface area contributed by atoms with Gasteiger partial charge in [0.1, 0.15) is 23.7 Å². The van der Waals surface area contributed by atoms with Crippen LogP contribution in [0.5, 0.6) is 5.75 Å². The number of aromatic carboxylic acids is 1. The number of carboxylic acid groups (broad SMARTS) is 1. The first-order valence-corrected chi connectivity index (χ1v) is 29.8. The maximum atomic E-state index is 13.0. The zero-order valence-electron chi connectivity index (χ0n) is 44.7. The molecule has 0 radical (unpaired) electrons. The van der Waals surface area contributed by atoms with Crippen molar-refractivity contribution in [1.29, 1.82) is 0 Å². The van der Waals surface area contributed by atoms with E-state index in [0.29, 0.717) is 40.6 Å². The number of phenols is 1. The van der Waals surface area contributed by atoms with Crippen LogP contribution in [0.1, 0.15) is 204 Å². The van der Waals surface area contributed by atoms with E-state index in [2.05, 4.69) is 24.5 Å². The van der Waals surface area contributed by atoms with Crippen molar-refractivity contribution in [3.05, 3.63) is 70.4 Å². The zero-order valence-corrected chi connectivity index (χ0v) is 46.4. The number of carbonyl (C=O) groups excluding carboxylic acids is 2. The molecule has 4 rings (SSSR count). The maximum absolute atomic E-state index is 13.0. The number of benzene rings is 3. The van der Waals surface area contributed by atoms with Crippen LogP contribution in [0.3, 0.4) is 0 Å². The van der Waals surface area contributed by atoms with Gasteiger partial charge in [0, 0.05) is 53.7 Å². The molecule has 75 heavy (non-hydrogen) atoms. The minimum absolute atomic E-state index is 0.0559. The van der Waals surface area contributed by atoms with Gasteiger partial charge in [0.2, 0.25) is 0 Å². The lowest BCUT2D eigenvalue weighted by atomic mass is 9.90. The zero-order chi connectivity index (χ0) is 54.1. The van der Waals surface area contributed by atoms with Crippen molar-refractivity contribution >= 4 is 59.7 Å². The number of carbonyl (C=O) groups is 3. The molecular weight excluding hydrogens is 996 g/mol. The van der Waals surface area contributed by atoms with Gasteiger partial charge in [-0.05, 0) is 67.0 Å². The summed E-state index contributed by atoms with van der Waals surface area (Å²) in [7, 11) is -4.69. The molecule has 2 aromatic rings. The molecule has 0 saturated carbocycles. The number of thiocarbonyl (C=S) groups is 1. The quantitative estimate of drug-likeness (QED) is 0.00917. The van der Waals surface area contributed by atoms with Gasteiger partial charge in [-0.25, -0.2) is 9.36 Å². The summed E-state index contributed by atoms with van der Waals surface area (Å²) in [5, 5.41) is 26.8. The van der Waals surface area contributed by atoms with Gasteiger partial charge in [0.15, 0.2) is 16.6 Å². The van der Waals surface area contributed by atoms with E-state index >= 15 is 0 Å². The van der Waals surface area contributed by atoms with E-state index in [4.69, 9.17) is 35.2 Å². The molecule has 0 saturated heterocycles. The number of phosphoric ester groups is 1. The van der Waals surface area contributed by atoms with Gasteiger partial charge in [-0.3, -0.25) is 23.4 Å². The summed E-state index contributed by atoms with van der Waals surface area (Å²) >= 11 is 5.42. The lowest BCUT2D eigenvalue weighted by molar-refractivity contribution is -0.161. The number of nitrogens with one attached hydrogen (secondary N) is 2. The number of rotatable bonds is 41. The topological polar surface area (TPSA) is 220 Å². The first-order chi connectivity index (χ1) is 36.3. The maximum Gasteiger partial charge on any atom is 0.472 e. The number of hydrogen-bond donors (Lipinski definition) is 5. The molecule has 2 aliphatic rings. The molecule has 2 atom stereocenters. The molecule has 17 heteroatoms. The van der Waals surface area contributed by atoms with E-state index in [1.54, 1.807) is 24.3 Å². The van der Waals surface area contributed by atoms with Gasteiger partial charge < -0.3 is 39.6 Å². The highest BCUT2D eigenvalue weighted by atomic mass is 32.1. The van der Waals surface area contributed by atoms with Gasteiger partial charge in [0.25, 0.3) is 0 Å². The smallest absolute Gasteiger partial charge is 0.472 e. The first kappa shape index (κ1) is 62.7. The van der Waals surface area contributed by atoms with Crippen molar-refractivity contribution in [3.63, 3.8) is 0 Å². The van der Waals surface area contributed by atoms with Crippen molar-refractivity contribution in [3.8, 4) is 28.2 Å². The Balaban J connectivity index is 1.22. The Labute approximate surface area is 450 Å². The van der Waals surface area contributed by atoms with Crippen LogP contribution in [0.15, 0.2) is 63.8 Å². The molecule has 0 amide bonds. The van der Waals surface area contributed by atoms with Crippen LogP contribution >= 0.6 is 20.0 Å². The number of phosphoric acid groups is 1. The second-order valence-corrected chi connectivity index (χ2v) is 21.5. The molecule has 0 aromatic heterocycles. The standard InChI is InChI=1S/C58H85N2O13PS/c1-3-5-7-9-11-13-15-17-19-21-23-25-27-29-54(63)69-42-47(72-55(64)30-28-26-24-22-20-18-16-14-12-10-8-6-4-2)43-71-74(67,68)70-38-37-59-58(75)60-44-31-34-48(51(39-44)57(65)66)56-49-35-32-45(61)40-52(49)73-53-41-46(62)33-36-50(53)56/h31-36,39-41,47,61H,3-30,37-38,42-43H2,1-2H3,(H,65,66)(H,67,68)(H2,59,60,75). The van der Waals surface area contributed by atoms with Crippen LogP contribution in [-0.2, 0) is 32.7 Å². The first-order valence-electron chi connectivity index (χ1n) is 27.9. The predicted octanol–water partition coefficient (Wildman–Crippen LogP) is 14.8. The van der Waals surface area contributed by atoms with Crippen molar-refractivity contribution < 1.29 is 57.0 Å². The number of hydrogen-bond acceptors (Lipinski definition) is 12. The minimum atomic E-state index is -4.69. The Morgan fingerprint density at radius 2 is 1.19 bits per heavy atom. The summed E-state index contributed by atoms with van der Waals surface area (Å²) in [5.41, 5.74) is 1.48. The largest absolute Gasteiger partial charge is 0.508 e. The minimum Gasteiger partial charge on any atom is -0.508 e. The van der Waals surface area contributed by atoms with Crippen molar-refractivity contribution in [1.82, 2.24) is 5.32 Å². The highest BCUT2D eigenvalue weighted by Gasteiger charge is 2.27. The van der Waals surface area contributed by atoms with E-state index < -0.39 is 38.4 Å². The van der Waals surface area contributed by atoms with Crippen molar-refractivity contribution in [2.24, 2.45) is 0 Å². The summed E-state index contributed by atoms with van der Waals surface area (Å²) in [5.74, 6) is -2.05. The van der Waals surface area contributed by atoms with Crippen molar-refractivity contribution in [2.45, 2.75) is 200 Å². The predicted molar refractivity (Wildman–Crippen MR) is 301 cm³/mol. The molecule has 0 spiro atoms. The second-order valence-electron chi connectivity index (χ2n) is 19.6. The van der Waals surface area contributed by atoms with Gasteiger partial charge in [0.05, 0.1) is 18.8 Å². The van der Waals surface area contributed by atoms with Gasteiger partial charge >= 0.3 is 25.7 Å². The summed E-state index contributed by atoms with van der Waals surface area (Å²) < 4.78 is 40.4. The molecule has 5 N–H and O–H groups in total. The molecule has 1 aliphatic heterocycles. The third kappa shape index (κ3) is 25.2. The molecule has 416 valence electrons. The molecule has 2 unspecified atom stereocenters. The van der Waals surface area contributed by atoms with Crippen LogP contribution in [0.25, 0.3) is 33.4 Å². The average Bonchev–Trinajstić information content (AvgIpc) is 3.38. The number of ether oxygens (including phenoxy) is 2. The van der Waals surface area contributed by atoms with Crippen LogP contribution in [0.4, 0.5) is 5.69 Å². The third-order valence-electron chi connectivity index (χ3n) is 13.2. The fraction of sp³-hybridized carbons (Fsp3) is 0.603. The number of carboxylic acids is 1. The lowest BCUT2D eigenvalue weighted by Gasteiger charge is -2.20. The average molecular weight is 1080 g/mol. The molecule has 0 fully saturated rings. The highest BCUT2D eigenvalue weighted by Crippen LogP contribution is 2.44. The normalized spacial score (nSPS) is 12.6. The summed E-state index contributed by atoms with van der Waals surface area (Å²) in [6, 6.07) is 13.3. The van der Waals surface area contributed by atoms with E-state index in [1.165, 1.54) is 146 Å². The van der Waals surface area contributed by atoms with E-state index in [0.717, 1.165) is 38.5 Å². The lowest BCUT2D eigenvalue weighted by Crippen LogP contribution is -2.31. The second kappa shape index (κ2) is 36.2. The number of esters is 2. The van der Waals surface area contributed by atoms with Crippen LogP contribution in [-0.4, -0.2) is 70.6 Å². The number of unbranched alkanes of at least 4 members (excludes halogenated alkanes) is 24. The number of phenolic OH excluding ortho intramolecular Hbond substituents is 1. The van der Waals surface area contributed by atoms with Gasteiger partial charge in [-0.2, -0.15) is 0 Å². The fourth-order valence-corrected chi connectivity index (χ4v) is 10.0. The Kier molecular flexibility index (Phi) is 30.3. The van der Waals surface area contributed by atoms with Gasteiger partial charge in [-0.15, -0.1) is 0 Å².